The number of hydrogen-bond acceptors (Lipinski definition) is 2. The molecular formula is C19H29NO. The van der Waals surface area contributed by atoms with Crippen LogP contribution in [0.4, 0.5) is 0 Å². The first-order valence-electron chi connectivity index (χ1n) is 8.68. The van der Waals surface area contributed by atoms with Gasteiger partial charge in [0.25, 0.3) is 0 Å². The Balaban J connectivity index is 1.81. The predicted molar refractivity (Wildman–Crippen MR) is 87.8 cm³/mol. The van der Waals surface area contributed by atoms with Crippen LogP contribution in [0.15, 0.2) is 18.2 Å². The van der Waals surface area contributed by atoms with Gasteiger partial charge in [-0.15, -0.1) is 0 Å². The summed E-state index contributed by atoms with van der Waals surface area (Å²) in [6.45, 7) is 7.78. The second-order valence-electron chi connectivity index (χ2n) is 7.08. The van der Waals surface area contributed by atoms with Crippen molar-refractivity contribution in [3.8, 4) is 5.75 Å². The van der Waals surface area contributed by atoms with Crippen LogP contribution in [0, 0.1) is 18.8 Å². The third kappa shape index (κ3) is 3.26. The monoisotopic (exact) mass is 287 g/mol. The lowest BCUT2D eigenvalue weighted by molar-refractivity contribution is 0.0618. The van der Waals surface area contributed by atoms with Crippen molar-refractivity contribution in [3.05, 3.63) is 29.3 Å². The molecule has 0 saturated heterocycles. The van der Waals surface area contributed by atoms with Crippen molar-refractivity contribution < 1.29 is 4.74 Å². The Morgan fingerprint density at radius 2 is 2.10 bits per heavy atom. The maximum atomic E-state index is 6.41. The number of aryl methyl sites for hydroxylation is 1. The van der Waals surface area contributed by atoms with Gasteiger partial charge in [0.2, 0.25) is 0 Å². The molecule has 2 heteroatoms. The molecular weight excluding hydrogens is 258 g/mol. The summed E-state index contributed by atoms with van der Waals surface area (Å²) in [5, 5.41) is 3.67. The minimum atomic E-state index is 0.395. The highest BCUT2D eigenvalue weighted by Crippen LogP contribution is 2.41. The Kier molecular flexibility index (Phi) is 4.54. The van der Waals surface area contributed by atoms with Crippen LogP contribution in [-0.2, 0) is 0 Å². The van der Waals surface area contributed by atoms with E-state index in [1.807, 2.05) is 0 Å². The maximum Gasteiger partial charge on any atom is 0.124 e. The number of nitrogens with one attached hydrogen (secondary N) is 1. The minimum Gasteiger partial charge on any atom is -0.490 e. The van der Waals surface area contributed by atoms with Crippen molar-refractivity contribution in [3.63, 3.8) is 0 Å². The van der Waals surface area contributed by atoms with Crippen LogP contribution < -0.4 is 10.1 Å². The largest absolute Gasteiger partial charge is 0.490 e. The molecule has 116 valence electrons. The number of hydrogen-bond donors (Lipinski definition) is 1. The molecule has 0 spiro atoms. The zero-order valence-electron chi connectivity index (χ0n) is 13.7. The molecule has 1 N–H and O–H groups in total. The predicted octanol–water partition coefficient (Wildman–Crippen LogP) is 4.62. The molecule has 0 aromatic heterocycles. The van der Waals surface area contributed by atoms with Gasteiger partial charge in [-0.2, -0.15) is 0 Å². The van der Waals surface area contributed by atoms with Gasteiger partial charge in [-0.3, -0.25) is 0 Å². The Labute approximate surface area is 129 Å². The standard InChI is InChI=1S/C19H29NO/c1-4-20-17-12-19(15-7-5-6-13(2)10-15)21-18-9-8-14(3)11-16(17)18/h8-9,11,13,15,17,19-20H,4-7,10,12H2,1-3H3. The fraction of sp³-hybridized carbons (Fsp3) is 0.684. The Bertz CT molecular complexity index is 484. The lowest BCUT2D eigenvalue weighted by atomic mass is 9.77. The lowest BCUT2D eigenvalue weighted by Crippen LogP contribution is -2.39. The lowest BCUT2D eigenvalue weighted by Gasteiger charge is -2.39. The first-order chi connectivity index (χ1) is 10.2. The van der Waals surface area contributed by atoms with Gasteiger partial charge >= 0.3 is 0 Å². The molecule has 0 amide bonds. The molecule has 1 heterocycles. The van der Waals surface area contributed by atoms with Gasteiger partial charge in [0.15, 0.2) is 0 Å². The topological polar surface area (TPSA) is 21.3 Å². The molecule has 3 rings (SSSR count). The van der Waals surface area contributed by atoms with E-state index < -0.39 is 0 Å². The van der Waals surface area contributed by atoms with E-state index in [-0.39, 0.29) is 0 Å². The second kappa shape index (κ2) is 6.39. The second-order valence-corrected chi connectivity index (χ2v) is 7.08. The van der Waals surface area contributed by atoms with Gasteiger partial charge in [-0.1, -0.05) is 44.4 Å². The number of fused-ring (bicyclic) bond motifs is 1. The van der Waals surface area contributed by atoms with Crippen molar-refractivity contribution >= 4 is 0 Å². The van der Waals surface area contributed by atoms with Crippen molar-refractivity contribution in [2.75, 3.05) is 6.54 Å². The van der Waals surface area contributed by atoms with E-state index in [1.165, 1.54) is 36.8 Å². The zero-order chi connectivity index (χ0) is 14.8. The van der Waals surface area contributed by atoms with Crippen LogP contribution in [0.5, 0.6) is 5.75 Å². The van der Waals surface area contributed by atoms with Crippen molar-refractivity contribution in [1.29, 1.82) is 0 Å². The molecule has 4 unspecified atom stereocenters. The van der Waals surface area contributed by atoms with Crippen LogP contribution in [0.25, 0.3) is 0 Å². The Hall–Kier alpha value is -1.02. The minimum absolute atomic E-state index is 0.395. The zero-order valence-corrected chi connectivity index (χ0v) is 13.7. The molecule has 2 aliphatic rings. The molecule has 4 atom stereocenters. The molecule has 1 saturated carbocycles. The molecule has 1 fully saturated rings. The SMILES string of the molecule is CCNC1CC(C2CCCC(C)C2)Oc2ccc(C)cc21. The van der Waals surface area contributed by atoms with Crippen molar-refractivity contribution in [2.45, 2.75) is 65.0 Å². The van der Waals surface area contributed by atoms with E-state index in [4.69, 9.17) is 4.74 Å². The smallest absolute Gasteiger partial charge is 0.124 e. The van der Waals surface area contributed by atoms with Gasteiger partial charge in [0, 0.05) is 18.0 Å². The van der Waals surface area contributed by atoms with E-state index in [9.17, 15) is 0 Å². The molecule has 1 aromatic rings. The fourth-order valence-electron chi connectivity index (χ4n) is 4.17. The first kappa shape index (κ1) is 14.9. The number of ether oxygens (including phenoxy) is 1. The molecule has 1 aromatic carbocycles. The van der Waals surface area contributed by atoms with Crippen LogP contribution in [0.1, 0.15) is 63.1 Å². The van der Waals surface area contributed by atoms with Gasteiger partial charge in [-0.05, 0) is 44.2 Å². The third-order valence-corrected chi connectivity index (χ3v) is 5.24. The molecule has 1 aliphatic heterocycles. The third-order valence-electron chi connectivity index (χ3n) is 5.24. The molecule has 0 bridgehead atoms. The van der Waals surface area contributed by atoms with Crippen LogP contribution in [0.2, 0.25) is 0 Å². The average molecular weight is 287 g/mol. The number of benzene rings is 1. The van der Waals surface area contributed by atoms with Crippen LogP contribution >= 0.6 is 0 Å². The van der Waals surface area contributed by atoms with E-state index in [0.717, 1.165) is 30.6 Å². The highest BCUT2D eigenvalue weighted by atomic mass is 16.5. The van der Waals surface area contributed by atoms with Gasteiger partial charge in [0.1, 0.15) is 11.9 Å². The maximum absolute atomic E-state index is 6.41. The van der Waals surface area contributed by atoms with Crippen LogP contribution in [0.3, 0.4) is 0 Å². The molecule has 2 nitrogen and oxygen atoms in total. The van der Waals surface area contributed by atoms with E-state index in [1.54, 1.807) is 0 Å². The quantitative estimate of drug-likeness (QED) is 0.875. The highest BCUT2D eigenvalue weighted by molar-refractivity contribution is 5.41. The van der Waals surface area contributed by atoms with E-state index in [0.29, 0.717) is 12.1 Å². The highest BCUT2D eigenvalue weighted by Gasteiger charge is 2.34. The fourth-order valence-corrected chi connectivity index (χ4v) is 4.17. The molecule has 1 aliphatic carbocycles. The summed E-state index contributed by atoms with van der Waals surface area (Å²) in [4.78, 5) is 0. The summed E-state index contributed by atoms with van der Waals surface area (Å²) in [6, 6.07) is 7.10. The normalized spacial score (nSPS) is 32.3. The summed E-state index contributed by atoms with van der Waals surface area (Å²) in [5.74, 6) is 2.72. The summed E-state index contributed by atoms with van der Waals surface area (Å²) in [5.41, 5.74) is 2.68. The van der Waals surface area contributed by atoms with Gasteiger partial charge in [-0.25, -0.2) is 0 Å². The van der Waals surface area contributed by atoms with Crippen molar-refractivity contribution in [2.24, 2.45) is 11.8 Å². The van der Waals surface area contributed by atoms with E-state index >= 15 is 0 Å². The summed E-state index contributed by atoms with van der Waals surface area (Å²) < 4.78 is 6.41. The Morgan fingerprint density at radius 1 is 1.24 bits per heavy atom. The Morgan fingerprint density at radius 3 is 2.86 bits per heavy atom. The number of rotatable bonds is 3. The van der Waals surface area contributed by atoms with Crippen LogP contribution in [-0.4, -0.2) is 12.6 Å². The molecule has 21 heavy (non-hydrogen) atoms. The summed E-state index contributed by atoms with van der Waals surface area (Å²) in [7, 11) is 0. The van der Waals surface area contributed by atoms with Crippen molar-refractivity contribution in [1.82, 2.24) is 5.32 Å². The average Bonchev–Trinajstić information content (AvgIpc) is 2.48. The van der Waals surface area contributed by atoms with Gasteiger partial charge < -0.3 is 10.1 Å². The van der Waals surface area contributed by atoms with Gasteiger partial charge in [0.05, 0.1) is 0 Å². The molecule has 0 radical (unpaired) electrons. The first-order valence-corrected chi connectivity index (χ1v) is 8.68. The summed E-state index contributed by atoms with van der Waals surface area (Å²) in [6.07, 6.45) is 6.97. The van der Waals surface area contributed by atoms with E-state index in [2.05, 4.69) is 44.3 Å². The summed E-state index contributed by atoms with van der Waals surface area (Å²) >= 11 is 0.